The maximum absolute atomic E-state index is 4.96. The van der Waals surface area contributed by atoms with Crippen LogP contribution in [0.3, 0.4) is 0 Å². The number of rotatable bonds is 3. The lowest BCUT2D eigenvalue weighted by atomic mass is 9.92. The van der Waals surface area contributed by atoms with Crippen LogP contribution in [-0.4, -0.2) is 29.1 Å². The van der Waals surface area contributed by atoms with E-state index in [1.165, 1.54) is 11.1 Å². The molecular formula is C21H22N6. The van der Waals surface area contributed by atoms with E-state index in [-0.39, 0.29) is 11.8 Å². The highest BCUT2D eigenvalue weighted by molar-refractivity contribution is 5.65. The van der Waals surface area contributed by atoms with Crippen LogP contribution in [0.1, 0.15) is 54.2 Å². The Morgan fingerprint density at radius 1 is 1.04 bits per heavy atom. The van der Waals surface area contributed by atoms with Gasteiger partial charge in [-0.1, -0.05) is 38.1 Å². The van der Waals surface area contributed by atoms with Crippen LogP contribution in [0.15, 0.2) is 36.7 Å². The van der Waals surface area contributed by atoms with Gasteiger partial charge in [0.15, 0.2) is 11.5 Å². The zero-order chi connectivity index (χ0) is 18.7. The molecule has 0 aliphatic carbocycles. The first-order valence-electron chi connectivity index (χ1n) is 9.37. The summed E-state index contributed by atoms with van der Waals surface area (Å²) in [5.74, 6) is 2.30. The van der Waals surface area contributed by atoms with Crippen LogP contribution in [0.2, 0.25) is 0 Å². The van der Waals surface area contributed by atoms with Crippen LogP contribution < -0.4 is 0 Å². The fraction of sp³-hybridized carbons (Fsp3) is 0.333. The average Bonchev–Trinajstić information content (AvgIpc) is 3.36. The smallest absolute Gasteiger partial charge is 0.177 e. The SMILES string of the molecule is Cc1ncc(C)n2nc(C(C)C(C)c3cn4c(n3)-c3ccccc3C4)nc12. The van der Waals surface area contributed by atoms with Crippen molar-refractivity contribution in [1.29, 1.82) is 0 Å². The Morgan fingerprint density at radius 3 is 2.67 bits per heavy atom. The molecule has 0 saturated heterocycles. The molecule has 4 aromatic rings. The fourth-order valence-electron chi connectivity index (χ4n) is 3.83. The average molecular weight is 358 g/mol. The zero-order valence-electron chi connectivity index (χ0n) is 16.0. The molecule has 136 valence electrons. The molecule has 6 heteroatoms. The molecule has 5 rings (SSSR count). The van der Waals surface area contributed by atoms with Crippen LogP contribution in [0.25, 0.3) is 17.0 Å². The van der Waals surface area contributed by atoms with E-state index in [1.54, 1.807) is 0 Å². The van der Waals surface area contributed by atoms with Gasteiger partial charge in [0.1, 0.15) is 5.82 Å². The maximum Gasteiger partial charge on any atom is 0.177 e. The summed E-state index contributed by atoms with van der Waals surface area (Å²) in [4.78, 5) is 14.1. The number of aromatic nitrogens is 6. The molecule has 27 heavy (non-hydrogen) atoms. The quantitative estimate of drug-likeness (QED) is 0.491. The lowest BCUT2D eigenvalue weighted by Crippen LogP contribution is -2.08. The molecule has 0 amide bonds. The van der Waals surface area contributed by atoms with Crippen LogP contribution in [-0.2, 0) is 6.54 Å². The molecule has 0 saturated carbocycles. The Labute approximate surface area is 157 Å². The third-order valence-corrected chi connectivity index (χ3v) is 5.74. The number of imidazole rings is 1. The van der Waals surface area contributed by atoms with E-state index in [2.05, 4.69) is 53.9 Å². The molecule has 3 aromatic heterocycles. The van der Waals surface area contributed by atoms with Gasteiger partial charge in [-0.15, -0.1) is 0 Å². The van der Waals surface area contributed by atoms with E-state index in [1.807, 2.05) is 24.6 Å². The van der Waals surface area contributed by atoms with Gasteiger partial charge in [-0.05, 0) is 19.4 Å². The van der Waals surface area contributed by atoms with Gasteiger partial charge in [-0.25, -0.2) is 14.5 Å². The highest BCUT2D eigenvalue weighted by Crippen LogP contribution is 2.36. The third kappa shape index (κ3) is 2.40. The minimum Gasteiger partial charge on any atom is -0.326 e. The number of hydrogen-bond donors (Lipinski definition) is 0. The highest BCUT2D eigenvalue weighted by atomic mass is 15.3. The van der Waals surface area contributed by atoms with Crippen molar-refractivity contribution in [3.8, 4) is 11.4 Å². The molecule has 0 spiro atoms. The number of nitrogens with zero attached hydrogens (tertiary/aromatic N) is 6. The Kier molecular flexibility index (Phi) is 3.44. The Balaban J connectivity index is 1.50. The van der Waals surface area contributed by atoms with E-state index in [4.69, 9.17) is 15.1 Å². The third-order valence-electron chi connectivity index (χ3n) is 5.74. The summed E-state index contributed by atoms with van der Waals surface area (Å²) in [6.07, 6.45) is 4.02. The summed E-state index contributed by atoms with van der Waals surface area (Å²) < 4.78 is 4.14. The normalized spacial score (nSPS) is 15.0. The second-order valence-corrected chi connectivity index (χ2v) is 7.54. The van der Waals surface area contributed by atoms with Crippen LogP contribution in [0, 0.1) is 13.8 Å². The van der Waals surface area contributed by atoms with Crippen molar-refractivity contribution >= 4 is 5.65 Å². The highest BCUT2D eigenvalue weighted by Gasteiger charge is 2.27. The maximum atomic E-state index is 4.96. The Bertz CT molecular complexity index is 1130. The lowest BCUT2D eigenvalue weighted by molar-refractivity contribution is 0.576. The zero-order valence-corrected chi connectivity index (χ0v) is 16.0. The van der Waals surface area contributed by atoms with Crippen molar-refractivity contribution in [1.82, 2.24) is 29.1 Å². The van der Waals surface area contributed by atoms with E-state index < -0.39 is 0 Å². The predicted octanol–water partition coefficient (Wildman–Crippen LogP) is 3.87. The van der Waals surface area contributed by atoms with Gasteiger partial charge >= 0.3 is 0 Å². The van der Waals surface area contributed by atoms with Gasteiger partial charge in [-0.3, -0.25) is 4.98 Å². The largest absolute Gasteiger partial charge is 0.326 e. The van der Waals surface area contributed by atoms with Crippen LogP contribution >= 0.6 is 0 Å². The molecule has 0 fully saturated rings. The first-order valence-corrected chi connectivity index (χ1v) is 9.37. The van der Waals surface area contributed by atoms with Gasteiger partial charge in [0.25, 0.3) is 0 Å². The molecule has 6 nitrogen and oxygen atoms in total. The minimum absolute atomic E-state index is 0.162. The number of hydrogen-bond acceptors (Lipinski definition) is 4. The molecule has 2 unspecified atom stereocenters. The summed E-state index contributed by atoms with van der Waals surface area (Å²) in [6.45, 7) is 9.26. The standard InChI is InChI=1S/C21H22N6/c1-12-9-22-15(4)20-24-19(25-27(12)20)14(3)13(2)18-11-26-10-16-7-5-6-8-17(16)21(26)23-18/h5-9,11,13-14H,10H2,1-4H3. The predicted molar refractivity (Wildman–Crippen MR) is 104 cm³/mol. The van der Waals surface area contributed by atoms with Gasteiger partial charge in [0, 0.05) is 36.3 Å². The monoisotopic (exact) mass is 358 g/mol. The number of fused-ring (bicyclic) bond motifs is 4. The topological polar surface area (TPSA) is 60.9 Å². The lowest BCUT2D eigenvalue weighted by Gasteiger charge is -2.14. The van der Waals surface area contributed by atoms with Gasteiger partial charge in [-0.2, -0.15) is 5.10 Å². The molecule has 0 bridgehead atoms. The molecule has 1 aliphatic rings. The fourth-order valence-corrected chi connectivity index (χ4v) is 3.83. The summed E-state index contributed by atoms with van der Waals surface area (Å²) in [6, 6.07) is 8.50. The van der Waals surface area contributed by atoms with Gasteiger partial charge in [0.05, 0.1) is 17.1 Å². The van der Waals surface area contributed by atoms with Crippen molar-refractivity contribution < 1.29 is 0 Å². The Hall–Kier alpha value is -3.02. The summed E-state index contributed by atoms with van der Waals surface area (Å²) in [5, 5.41) is 4.75. The van der Waals surface area contributed by atoms with Gasteiger partial charge in [0.2, 0.25) is 0 Å². The summed E-state index contributed by atoms with van der Waals surface area (Å²) in [5.41, 5.74) is 6.41. The van der Waals surface area contributed by atoms with Crippen molar-refractivity contribution in [3.63, 3.8) is 0 Å². The van der Waals surface area contributed by atoms with E-state index in [9.17, 15) is 0 Å². The molecular weight excluding hydrogens is 336 g/mol. The second kappa shape index (κ2) is 5.74. The first kappa shape index (κ1) is 16.2. The van der Waals surface area contributed by atoms with E-state index in [0.717, 1.165) is 40.9 Å². The van der Waals surface area contributed by atoms with Crippen LogP contribution in [0.4, 0.5) is 0 Å². The summed E-state index contributed by atoms with van der Waals surface area (Å²) >= 11 is 0. The van der Waals surface area contributed by atoms with Crippen molar-refractivity contribution in [2.75, 3.05) is 0 Å². The van der Waals surface area contributed by atoms with Crippen LogP contribution in [0.5, 0.6) is 0 Å². The van der Waals surface area contributed by atoms with E-state index in [0.29, 0.717) is 0 Å². The number of aryl methyl sites for hydroxylation is 2. The minimum atomic E-state index is 0.162. The Morgan fingerprint density at radius 2 is 1.85 bits per heavy atom. The van der Waals surface area contributed by atoms with E-state index >= 15 is 0 Å². The molecule has 4 heterocycles. The first-order chi connectivity index (χ1) is 13.0. The molecule has 2 atom stereocenters. The number of benzene rings is 1. The van der Waals surface area contributed by atoms with Crippen molar-refractivity contribution in [3.05, 3.63) is 65.1 Å². The van der Waals surface area contributed by atoms with Gasteiger partial charge < -0.3 is 4.57 Å². The molecule has 1 aliphatic heterocycles. The molecule has 1 aromatic carbocycles. The molecule has 0 N–H and O–H groups in total. The summed E-state index contributed by atoms with van der Waals surface area (Å²) in [7, 11) is 0. The van der Waals surface area contributed by atoms with Crippen molar-refractivity contribution in [2.45, 2.75) is 46.1 Å². The second-order valence-electron chi connectivity index (χ2n) is 7.54. The molecule has 0 radical (unpaired) electrons. The van der Waals surface area contributed by atoms with Crippen molar-refractivity contribution in [2.24, 2.45) is 0 Å².